The van der Waals surface area contributed by atoms with Crippen LogP contribution < -0.4 is 5.32 Å². The number of ether oxygens (including phenoxy) is 1. The van der Waals surface area contributed by atoms with Crippen molar-refractivity contribution in [3.8, 4) is 0 Å². The first-order chi connectivity index (χ1) is 14.6. The van der Waals surface area contributed by atoms with Crippen molar-refractivity contribution in [2.45, 2.75) is 51.2 Å². The molecule has 154 valence electrons. The Morgan fingerprint density at radius 3 is 2.40 bits per heavy atom. The van der Waals surface area contributed by atoms with E-state index in [0.717, 1.165) is 29.7 Å². The van der Waals surface area contributed by atoms with Crippen LogP contribution in [0.5, 0.6) is 0 Å². The first-order valence-corrected chi connectivity index (χ1v) is 10.8. The lowest BCUT2D eigenvalue weighted by atomic mass is 9.78. The topological polar surface area (TPSA) is 38.3 Å². The summed E-state index contributed by atoms with van der Waals surface area (Å²) in [5, 5.41) is 3.13. The van der Waals surface area contributed by atoms with Crippen LogP contribution in [0.1, 0.15) is 54.9 Å². The number of carbonyl (C=O) groups excluding carboxylic acids is 1. The van der Waals surface area contributed by atoms with Gasteiger partial charge in [-0.3, -0.25) is 4.79 Å². The van der Waals surface area contributed by atoms with Gasteiger partial charge in [0.15, 0.2) is 5.60 Å². The van der Waals surface area contributed by atoms with Gasteiger partial charge >= 0.3 is 0 Å². The summed E-state index contributed by atoms with van der Waals surface area (Å²) in [4.78, 5) is 13.7. The Morgan fingerprint density at radius 1 is 0.967 bits per heavy atom. The number of aryl methyl sites for hydroxylation is 1. The van der Waals surface area contributed by atoms with Gasteiger partial charge < -0.3 is 10.1 Å². The van der Waals surface area contributed by atoms with Gasteiger partial charge in [-0.25, -0.2) is 0 Å². The van der Waals surface area contributed by atoms with Crippen molar-refractivity contribution in [2.75, 3.05) is 5.32 Å². The molecule has 1 aliphatic rings. The van der Waals surface area contributed by atoms with E-state index in [2.05, 4.69) is 37.4 Å². The van der Waals surface area contributed by atoms with Gasteiger partial charge in [-0.1, -0.05) is 80.6 Å². The molecule has 1 N–H and O–H groups in total. The predicted molar refractivity (Wildman–Crippen MR) is 121 cm³/mol. The fourth-order valence-electron chi connectivity index (χ4n) is 4.21. The van der Waals surface area contributed by atoms with Gasteiger partial charge in [0, 0.05) is 5.69 Å². The van der Waals surface area contributed by atoms with Gasteiger partial charge in [0.25, 0.3) is 5.91 Å². The van der Waals surface area contributed by atoms with Crippen LogP contribution in [0.4, 0.5) is 5.69 Å². The Bertz CT molecular complexity index is 995. The molecule has 0 heterocycles. The highest BCUT2D eigenvalue weighted by molar-refractivity contribution is 5.98. The molecule has 1 atom stereocenters. The number of rotatable bonds is 6. The van der Waals surface area contributed by atoms with Gasteiger partial charge in [0.05, 0.1) is 6.61 Å². The predicted octanol–water partition coefficient (Wildman–Crippen LogP) is 6.20. The maximum atomic E-state index is 13.7. The van der Waals surface area contributed by atoms with Crippen molar-refractivity contribution in [1.29, 1.82) is 0 Å². The standard InChI is InChI=1S/C27H29NO2/c1-20(2)22-14-16-24(17-15-22)28-26(29)27(30-19-21-9-4-3-5-10-21)18-8-12-23-11-6-7-13-25(23)27/h3-7,9-11,13-17,20H,8,12,18-19H2,1-2H3,(H,28,29). The molecule has 3 nitrogen and oxygen atoms in total. The van der Waals surface area contributed by atoms with E-state index < -0.39 is 5.60 Å². The van der Waals surface area contributed by atoms with Crippen LogP contribution in [0.25, 0.3) is 0 Å². The molecule has 0 radical (unpaired) electrons. The first-order valence-electron chi connectivity index (χ1n) is 10.8. The molecule has 0 bridgehead atoms. The average molecular weight is 400 g/mol. The third-order valence-electron chi connectivity index (χ3n) is 5.96. The van der Waals surface area contributed by atoms with Crippen LogP contribution in [0, 0.1) is 0 Å². The van der Waals surface area contributed by atoms with Crippen molar-refractivity contribution in [1.82, 2.24) is 0 Å². The third-order valence-corrected chi connectivity index (χ3v) is 5.96. The van der Waals surface area contributed by atoms with E-state index in [4.69, 9.17) is 4.74 Å². The molecule has 0 aromatic heterocycles. The molecule has 0 spiro atoms. The monoisotopic (exact) mass is 399 g/mol. The molecule has 3 heteroatoms. The maximum Gasteiger partial charge on any atom is 0.261 e. The van der Waals surface area contributed by atoms with E-state index in [-0.39, 0.29) is 5.91 Å². The van der Waals surface area contributed by atoms with Crippen molar-refractivity contribution in [2.24, 2.45) is 0 Å². The lowest BCUT2D eigenvalue weighted by molar-refractivity contribution is -0.148. The summed E-state index contributed by atoms with van der Waals surface area (Å²) >= 11 is 0. The molecule has 0 saturated carbocycles. The lowest BCUT2D eigenvalue weighted by Gasteiger charge is -2.37. The van der Waals surface area contributed by atoms with Crippen LogP contribution in [0.3, 0.4) is 0 Å². The number of amides is 1. The van der Waals surface area contributed by atoms with Crippen LogP contribution in [0.15, 0.2) is 78.9 Å². The van der Waals surface area contributed by atoms with Gasteiger partial charge in [-0.05, 0) is 59.6 Å². The van der Waals surface area contributed by atoms with E-state index in [1.807, 2.05) is 60.7 Å². The van der Waals surface area contributed by atoms with Crippen molar-refractivity contribution in [3.05, 3.63) is 101 Å². The molecule has 0 fully saturated rings. The fraction of sp³-hybridized carbons (Fsp3) is 0.296. The van der Waals surface area contributed by atoms with Crippen LogP contribution in [0.2, 0.25) is 0 Å². The van der Waals surface area contributed by atoms with Crippen LogP contribution in [-0.4, -0.2) is 5.91 Å². The van der Waals surface area contributed by atoms with Crippen LogP contribution in [-0.2, 0) is 28.2 Å². The zero-order valence-corrected chi connectivity index (χ0v) is 17.7. The summed E-state index contributed by atoms with van der Waals surface area (Å²) in [5.74, 6) is 0.364. The van der Waals surface area contributed by atoms with E-state index >= 15 is 0 Å². The molecule has 3 aromatic rings. The Labute approximate surface area is 179 Å². The van der Waals surface area contributed by atoms with Gasteiger partial charge in [-0.15, -0.1) is 0 Å². The second kappa shape index (κ2) is 8.85. The molecule has 1 aliphatic carbocycles. The molecular formula is C27H29NO2. The summed E-state index contributed by atoms with van der Waals surface area (Å²) in [7, 11) is 0. The number of benzene rings is 3. The molecule has 0 aliphatic heterocycles. The smallest absolute Gasteiger partial charge is 0.261 e. The summed E-state index contributed by atoms with van der Waals surface area (Å²) in [6, 6.07) is 26.3. The molecule has 30 heavy (non-hydrogen) atoms. The maximum absolute atomic E-state index is 13.7. The molecule has 0 saturated heterocycles. The number of fused-ring (bicyclic) bond motifs is 1. The summed E-state index contributed by atoms with van der Waals surface area (Å²) in [6.07, 6.45) is 2.57. The Hall–Kier alpha value is -2.91. The summed E-state index contributed by atoms with van der Waals surface area (Å²) in [6.45, 7) is 4.73. The van der Waals surface area contributed by atoms with E-state index in [9.17, 15) is 4.79 Å². The number of nitrogens with one attached hydrogen (secondary N) is 1. The van der Waals surface area contributed by atoms with E-state index in [0.29, 0.717) is 18.9 Å². The highest BCUT2D eigenvalue weighted by Gasteiger charge is 2.44. The molecule has 1 unspecified atom stereocenters. The third kappa shape index (κ3) is 4.17. The number of carbonyl (C=O) groups is 1. The number of hydrogen-bond acceptors (Lipinski definition) is 2. The quantitative estimate of drug-likeness (QED) is 0.536. The average Bonchev–Trinajstić information content (AvgIpc) is 2.78. The summed E-state index contributed by atoms with van der Waals surface area (Å²) < 4.78 is 6.47. The number of hydrogen-bond donors (Lipinski definition) is 1. The highest BCUT2D eigenvalue weighted by Crippen LogP contribution is 2.40. The normalized spacial score (nSPS) is 18.1. The zero-order chi connectivity index (χ0) is 21.0. The SMILES string of the molecule is CC(C)c1ccc(NC(=O)C2(OCc3ccccc3)CCCc3ccccc32)cc1. The first kappa shape index (κ1) is 20.4. The largest absolute Gasteiger partial charge is 0.356 e. The van der Waals surface area contributed by atoms with Crippen LogP contribution >= 0.6 is 0 Å². The van der Waals surface area contributed by atoms with Crippen molar-refractivity contribution < 1.29 is 9.53 Å². The number of anilines is 1. The second-order valence-electron chi connectivity index (χ2n) is 8.34. The second-order valence-corrected chi connectivity index (χ2v) is 8.34. The van der Waals surface area contributed by atoms with Crippen molar-refractivity contribution in [3.63, 3.8) is 0 Å². The Kier molecular flexibility index (Phi) is 6.01. The molecule has 4 rings (SSSR count). The minimum absolute atomic E-state index is 0.0946. The molecular weight excluding hydrogens is 370 g/mol. The van der Waals surface area contributed by atoms with E-state index in [1.165, 1.54) is 11.1 Å². The lowest BCUT2D eigenvalue weighted by Crippen LogP contribution is -2.45. The molecule has 1 amide bonds. The molecule has 3 aromatic carbocycles. The highest BCUT2D eigenvalue weighted by atomic mass is 16.5. The van der Waals surface area contributed by atoms with Gasteiger partial charge in [0.1, 0.15) is 0 Å². The Balaban J connectivity index is 1.64. The van der Waals surface area contributed by atoms with Gasteiger partial charge in [-0.2, -0.15) is 0 Å². The van der Waals surface area contributed by atoms with Crippen molar-refractivity contribution >= 4 is 11.6 Å². The fourth-order valence-corrected chi connectivity index (χ4v) is 4.21. The summed E-state index contributed by atoms with van der Waals surface area (Å²) in [5.41, 5.74) is 4.32. The Morgan fingerprint density at radius 2 is 1.67 bits per heavy atom. The van der Waals surface area contributed by atoms with E-state index in [1.54, 1.807) is 0 Å². The minimum Gasteiger partial charge on any atom is -0.356 e. The minimum atomic E-state index is -0.985. The van der Waals surface area contributed by atoms with Gasteiger partial charge in [0.2, 0.25) is 0 Å². The zero-order valence-electron chi connectivity index (χ0n) is 17.7.